The Hall–Kier alpha value is -3.24. The first kappa shape index (κ1) is 18.1. The van der Waals surface area contributed by atoms with Crippen molar-refractivity contribution in [1.29, 1.82) is 0 Å². The van der Waals surface area contributed by atoms with E-state index in [4.69, 9.17) is 5.73 Å². The highest BCUT2D eigenvalue weighted by molar-refractivity contribution is 5.82. The van der Waals surface area contributed by atoms with Crippen molar-refractivity contribution < 1.29 is 18.0 Å². The Bertz CT molecular complexity index is 1060. The quantitative estimate of drug-likeness (QED) is 0.732. The van der Waals surface area contributed by atoms with Crippen LogP contribution in [0.5, 0.6) is 0 Å². The fourth-order valence-electron chi connectivity index (χ4n) is 3.21. The number of halogens is 3. The number of imidazole rings is 1. The van der Waals surface area contributed by atoms with E-state index in [0.29, 0.717) is 31.0 Å². The number of fused-ring (bicyclic) bond motifs is 1. The molecule has 146 valence electrons. The maximum atomic E-state index is 13.0. The Morgan fingerprint density at radius 1 is 1.25 bits per heavy atom. The molecule has 11 heteroatoms. The molecule has 1 unspecified atom stereocenters. The molecule has 0 spiro atoms. The maximum Gasteiger partial charge on any atom is 0.434 e. The van der Waals surface area contributed by atoms with Gasteiger partial charge in [-0.25, -0.2) is 19.9 Å². The molecule has 0 bridgehead atoms. The predicted molar refractivity (Wildman–Crippen MR) is 93.1 cm³/mol. The molecular weight excluding hydrogens is 375 g/mol. The molecule has 0 saturated carbocycles. The van der Waals surface area contributed by atoms with Crippen molar-refractivity contribution in [2.75, 3.05) is 18.0 Å². The van der Waals surface area contributed by atoms with Crippen LogP contribution in [0.2, 0.25) is 0 Å². The van der Waals surface area contributed by atoms with Crippen LogP contribution in [0, 0.1) is 5.41 Å². The van der Waals surface area contributed by atoms with Crippen molar-refractivity contribution in [2.24, 2.45) is 11.1 Å². The van der Waals surface area contributed by atoms with Crippen molar-refractivity contribution in [3.63, 3.8) is 0 Å². The Labute approximate surface area is 157 Å². The molecule has 0 aromatic carbocycles. The van der Waals surface area contributed by atoms with Gasteiger partial charge >= 0.3 is 6.18 Å². The molecule has 1 aliphatic heterocycles. The van der Waals surface area contributed by atoms with Gasteiger partial charge in [-0.2, -0.15) is 13.2 Å². The monoisotopic (exact) mass is 391 g/mol. The van der Waals surface area contributed by atoms with Crippen molar-refractivity contribution in [2.45, 2.75) is 19.5 Å². The number of nitrogens with two attached hydrogens (primary N) is 1. The van der Waals surface area contributed by atoms with Crippen molar-refractivity contribution in [3.05, 3.63) is 36.5 Å². The number of hydrogen-bond acceptors (Lipinski definition) is 6. The topological polar surface area (TPSA) is 102 Å². The van der Waals surface area contributed by atoms with E-state index in [1.54, 1.807) is 13.0 Å². The zero-order valence-electron chi connectivity index (χ0n) is 14.8. The van der Waals surface area contributed by atoms with Gasteiger partial charge in [0, 0.05) is 25.5 Å². The van der Waals surface area contributed by atoms with E-state index in [1.165, 1.54) is 16.8 Å². The van der Waals surface area contributed by atoms with E-state index in [0.717, 1.165) is 12.4 Å². The maximum absolute atomic E-state index is 13.0. The SMILES string of the molecule is CC1(C(N)=O)CCN(c2ccnc(-c3cnc4cnc(C(F)(F)F)cn34)n2)C1. The summed E-state index contributed by atoms with van der Waals surface area (Å²) in [4.78, 5) is 29.7. The Morgan fingerprint density at radius 2 is 2.04 bits per heavy atom. The smallest absolute Gasteiger partial charge is 0.369 e. The van der Waals surface area contributed by atoms with Gasteiger partial charge in [0.15, 0.2) is 17.2 Å². The Kier molecular flexibility index (Phi) is 3.98. The second-order valence-corrected chi connectivity index (χ2v) is 6.98. The van der Waals surface area contributed by atoms with Crippen LogP contribution in [-0.4, -0.2) is 43.3 Å². The third kappa shape index (κ3) is 3.02. The highest BCUT2D eigenvalue weighted by Gasteiger charge is 2.39. The van der Waals surface area contributed by atoms with Crippen LogP contribution >= 0.6 is 0 Å². The van der Waals surface area contributed by atoms with Crippen LogP contribution in [0.1, 0.15) is 19.0 Å². The van der Waals surface area contributed by atoms with Crippen molar-refractivity contribution in [1.82, 2.24) is 24.3 Å². The fourth-order valence-corrected chi connectivity index (χ4v) is 3.21. The highest BCUT2D eigenvalue weighted by atomic mass is 19.4. The van der Waals surface area contributed by atoms with Gasteiger partial charge in [-0.05, 0) is 19.4 Å². The first-order valence-corrected chi connectivity index (χ1v) is 8.46. The number of aromatic nitrogens is 5. The molecular formula is C17H16F3N7O. The van der Waals surface area contributed by atoms with Gasteiger partial charge < -0.3 is 10.6 Å². The molecule has 0 aliphatic carbocycles. The lowest BCUT2D eigenvalue weighted by molar-refractivity contribution is -0.141. The molecule has 1 saturated heterocycles. The highest BCUT2D eigenvalue weighted by Crippen LogP contribution is 2.33. The summed E-state index contributed by atoms with van der Waals surface area (Å²) in [5, 5.41) is 0. The Morgan fingerprint density at radius 3 is 2.71 bits per heavy atom. The van der Waals surface area contributed by atoms with Crippen LogP contribution in [0.15, 0.2) is 30.9 Å². The first-order valence-electron chi connectivity index (χ1n) is 8.46. The lowest BCUT2D eigenvalue weighted by Crippen LogP contribution is -2.37. The van der Waals surface area contributed by atoms with Crippen LogP contribution in [0.3, 0.4) is 0 Å². The second-order valence-electron chi connectivity index (χ2n) is 6.98. The van der Waals surface area contributed by atoms with E-state index in [1.807, 2.05) is 4.90 Å². The minimum absolute atomic E-state index is 0.219. The summed E-state index contributed by atoms with van der Waals surface area (Å²) < 4.78 is 40.2. The number of hydrogen-bond donors (Lipinski definition) is 1. The largest absolute Gasteiger partial charge is 0.434 e. The van der Waals surface area contributed by atoms with E-state index in [9.17, 15) is 18.0 Å². The predicted octanol–water partition coefficient (Wildman–Crippen LogP) is 1.91. The summed E-state index contributed by atoms with van der Waals surface area (Å²) in [6.45, 7) is 2.80. The summed E-state index contributed by atoms with van der Waals surface area (Å²) in [6.07, 6.45) is 0.852. The van der Waals surface area contributed by atoms with Gasteiger partial charge in [0.2, 0.25) is 5.91 Å². The summed E-state index contributed by atoms with van der Waals surface area (Å²) in [7, 11) is 0. The molecule has 1 amide bonds. The van der Waals surface area contributed by atoms with E-state index >= 15 is 0 Å². The zero-order chi connectivity index (χ0) is 20.1. The minimum Gasteiger partial charge on any atom is -0.369 e. The molecule has 4 rings (SSSR count). The van der Waals surface area contributed by atoms with Crippen LogP contribution in [-0.2, 0) is 11.0 Å². The van der Waals surface area contributed by atoms with Crippen molar-refractivity contribution >= 4 is 17.4 Å². The average Bonchev–Trinajstić information content (AvgIpc) is 3.25. The lowest BCUT2D eigenvalue weighted by Gasteiger charge is -2.21. The molecule has 1 aliphatic rings. The van der Waals surface area contributed by atoms with Gasteiger partial charge in [-0.3, -0.25) is 9.20 Å². The van der Waals surface area contributed by atoms with Gasteiger partial charge in [0.05, 0.1) is 17.8 Å². The first-order chi connectivity index (χ1) is 13.2. The number of alkyl halides is 3. The average molecular weight is 391 g/mol. The minimum atomic E-state index is -4.58. The van der Waals surface area contributed by atoms with Crippen LogP contribution in [0.4, 0.5) is 19.0 Å². The van der Waals surface area contributed by atoms with Gasteiger partial charge in [0.1, 0.15) is 11.5 Å². The van der Waals surface area contributed by atoms with Crippen molar-refractivity contribution in [3.8, 4) is 11.5 Å². The van der Waals surface area contributed by atoms with Gasteiger partial charge in [-0.15, -0.1) is 0 Å². The molecule has 3 aromatic rings. The summed E-state index contributed by atoms with van der Waals surface area (Å²) in [5.41, 5.74) is 4.35. The number of amides is 1. The summed E-state index contributed by atoms with van der Waals surface area (Å²) in [5.74, 6) is 0.408. The second kappa shape index (κ2) is 6.14. The van der Waals surface area contributed by atoms with E-state index in [-0.39, 0.29) is 17.4 Å². The van der Waals surface area contributed by atoms with Crippen LogP contribution < -0.4 is 10.6 Å². The molecule has 1 fully saturated rings. The standard InChI is InChI=1S/C17H16F3N7O/c1-16(15(21)28)3-5-26(9-16)12-2-4-22-14(25-12)10-6-24-13-7-23-11(8-27(10)13)17(18,19)20/h2,4,6-8H,3,5,9H2,1H3,(H2,21,28). The molecule has 8 nitrogen and oxygen atoms in total. The number of primary amides is 1. The zero-order valence-corrected chi connectivity index (χ0v) is 14.8. The summed E-state index contributed by atoms with van der Waals surface area (Å²) >= 11 is 0. The van der Waals surface area contributed by atoms with E-state index < -0.39 is 17.3 Å². The van der Waals surface area contributed by atoms with Gasteiger partial charge in [-0.1, -0.05) is 0 Å². The lowest BCUT2D eigenvalue weighted by atomic mass is 9.89. The number of anilines is 1. The molecule has 1 atom stereocenters. The van der Waals surface area contributed by atoms with Crippen LogP contribution in [0.25, 0.3) is 17.2 Å². The Balaban J connectivity index is 1.72. The molecule has 4 heterocycles. The normalized spacial score (nSPS) is 20.1. The van der Waals surface area contributed by atoms with E-state index in [2.05, 4.69) is 19.9 Å². The molecule has 3 aromatic heterocycles. The fraction of sp³-hybridized carbons (Fsp3) is 0.353. The van der Waals surface area contributed by atoms with Gasteiger partial charge in [0.25, 0.3) is 0 Å². The molecule has 2 N–H and O–H groups in total. The molecule has 28 heavy (non-hydrogen) atoms. The summed E-state index contributed by atoms with van der Waals surface area (Å²) in [6, 6.07) is 1.68. The molecule has 0 radical (unpaired) electrons. The number of carbonyl (C=O) groups excluding carboxylic acids is 1. The number of nitrogens with zero attached hydrogens (tertiary/aromatic N) is 6. The number of carbonyl (C=O) groups is 1. The number of rotatable bonds is 3. The third-order valence-electron chi connectivity index (χ3n) is 4.95. The third-order valence-corrected chi connectivity index (χ3v) is 4.95.